The Morgan fingerprint density at radius 3 is 2.07 bits per heavy atom. The lowest BCUT2D eigenvalue weighted by Gasteiger charge is -2.32. The Hall–Kier alpha value is -2.11. The van der Waals surface area contributed by atoms with Crippen LogP contribution in [0.25, 0.3) is 22.2 Å². The molecule has 1 saturated heterocycles. The zero-order chi connectivity index (χ0) is 21.1. The summed E-state index contributed by atoms with van der Waals surface area (Å²) in [7, 11) is -0.354. The molecule has 0 atom stereocenters. The Labute approximate surface area is 174 Å². The van der Waals surface area contributed by atoms with E-state index in [4.69, 9.17) is 9.31 Å². The highest BCUT2D eigenvalue weighted by Gasteiger charge is 2.51. The van der Waals surface area contributed by atoms with Crippen LogP contribution in [-0.4, -0.2) is 28.3 Å². The maximum atomic E-state index is 6.28. The first-order valence-corrected chi connectivity index (χ1v) is 10.5. The average molecular weight is 390 g/mol. The molecular weight excluding hydrogens is 359 g/mol. The zero-order valence-corrected chi connectivity index (χ0v) is 18.8. The number of nitrogens with one attached hydrogen (secondary N) is 1. The summed E-state index contributed by atoms with van der Waals surface area (Å²) >= 11 is 0. The molecule has 1 aliphatic rings. The first-order chi connectivity index (χ1) is 13.5. The van der Waals surface area contributed by atoms with Gasteiger partial charge in [0.25, 0.3) is 0 Å². The van der Waals surface area contributed by atoms with Crippen LogP contribution in [0.3, 0.4) is 0 Å². The van der Waals surface area contributed by atoms with Gasteiger partial charge in [-0.25, -0.2) is 0 Å². The molecule has 0 unspecified atom stereocenters. The summed E-state index contributed by atoms with van der Waals surface area (Å²) in [4.78, 5) is 8.19. The van der Waals surface area contributed by atoms with Gasteiger partial charge in [-0.1, -0.05) is 26.0 Å². The number of fused-ring (bicyclic) bond motifs is 1. The predicted molar refractivity (Wildman–Crippen MR) is 121 cm³/mol. The van der Waals surface area contributed by atoms with Crippen molar-refractivity contribution in [2.24, 2.45) is 0 Å². The van der Waals surface area contributed by atoms with Crippen molar-refractivity contribution in [1.82, 2.24) is 9.97 Å². The highest BCUT2D eigenvalue weighted by molar-refractivity contribution is 6.62. The van der Waals surface area contributed by atoms with Gasteiger partial charge in [0.15, 0.2) is 0 Å². The highest BCUT2D eigenvalue weighted by Crippen LogP contribution is 2.38. The standard InChI is InChI=1S/C24H31BN2O2/c1-14(2)21-19-13-18(25-28-23(5,6)24(7,8)29-25)9-10-20(19)27-22(21)17-11-15(3)26-16(4)12-17/h9-14,27H,1-8H3. The summed E-state index contributed by atoms with van der Waals surface area (Å²) in [6.45, 7) is 16.9. The molecule has 1 fully saturated rings. The lowest BCUT2D eigenvalue weighted by atomic mass is 9.78. The van der Waals surface area contributed by atoms with Crippen LogP contribution in [0.4, 0.5) is 0 Å². The Morgan fingerprint density at radius 1 is 0.931 bits per heavy atom. The molecule has 0 amide bonds. The van der Waals surface area contributed by atoms with E-state index in [1.54, 1.807) is 0 Å². The number of H-pyrrole nitrogens is 1. The second kappa shape index (κ2) is 6.71. The molecule has 5 heteroatoms. The summed E-state index contributed by atoms with van der Waals surface area (Å²) in [5.74, 6) is 0.376. The van der Waals surface area contributed by atoms with Crippen molar-refractivity contribution in [3.63, 3.8) is 0 Å². The van der Waals surface area contributed by atoms with E-state index in [2.05, 4.69) is 81.8 Å². The fourth-order valence-electron chi connectivity index (χ4n) is 4.16. The number of aromatic amines is 1. The van der Waals surface area contributed by atoms with E-state index >= 15 is 0 Å². The molecule has 3 heterocycles. The molecule has 0 radical (unpaired) electrons. The van der Waals surface area contributed by atoms with Gasteiger partial charge < -0.3 is 14.3 Å². The molecule has 1 aliphatic heterocycles. The average Bonchev–Trinajstić information content (AvgIpc) is 3.08. The molecule has 0 bridgehead atoms. The number of nitrogens with zero attached hydrogens (tertiary/aromatic N) is 1. The van der Waals surface area contributed by atoms with Crippen LogP contribution >= 0.6 is 0 Å². The third kappa shape index (κ3) is 3.41. The van der Waals surface area contributed by atoms with Crippen molar-refractivity contribution in [2.45, 2.75) is 72.5 Å². The summed E-state index contributed by atoms with van der Waals surface area (Å²) in [6.07, 6.45) is 0. The van der Waals surface area contributed by atoms with Crippen LogP contribution in [0.5, 0.6) is 0 Å². The van der Waals surface area contributed by atoms with E-state index in [-0.39, 0.29) is 18.3 Å². The zero-order valence-electron chi connectivity index (χ0n) is 18.8. The van der Waals surface area contributed by atoms with Gasteiger partial charge in [0, 0.05) is 27.9 Å². The summed E-state index contributed by atoms with van der Waals surface area (Å²) in [5.41, 5.74) is 7.26. The number of hydrogen-bond donors (Lipinski definition) is 1. The van der Waals surface area contributed by atoms with E-state index in [0.29, 0.717) is 5.92 Å². The van der Waals surface area contributed by atoms with E-state index in [1.807, 2.05) is 13.8 Å². The number of rotatable bonds is 3. The van der Waals surface area contributed by atoms with Crippen molar-refractivity contribution in [2.75, 3.05) is 0 Å². The smallest absolute Gasteiger partial charge is 0.399 e. The van der Waals surface area contributed by atoms with E-state index < -0.39 is 0 Å². The maximum Gasteiger partial charge on any atom is 0.494 e. The van der Waals surface area contributed by atoms with Gasteiger partial charge >= 0.3 is 7.12 Å². The van der Waals surface area contributed by atoms with Gasteiger partial charge in [-0.15, -0.1) is 0 Å². The van der Waals surface area contributed by atoms with Crippen LogP contribution in [0.15, 0.2) is 30.3 Å². The third-order valence-electron chi connectivity index (χ3n) is 6.34. The molecule has 1 N–H and O–H groups in total. The lowest BCUT2D eigenvalue weighted by Crippen LogP contribution is -2.41. The Balaban J connectivity index is 1.84. The van der Waals surface area contributed by atoms with Crippen LogP contribution in [0.2, 0.25) is 0 Å². The summed E-state index contributed by atoms with van der Waals surface area (Å²) < 4.78 is 12.6. The van der Waals surface area contributed by atoms with Crippen molar-refractivity contribution in [1.29, 1.82) is 0 Å². The molecule has 0 saturated carbocycles. The lowest BCUT2D eigenvalue weighted by molar-refractivity contribution is 0.00578. The van der Waals surface area contributed by atoms with Crippen molar-refractivity contribution in [3.8, 4) is 11.3 Å². The van der Waals surface area contributed by atoms with E-state index in [9.17, 15) is 0 Å². The monoisotopic (exact) mass is 390 g/mol. The van der Waals surface area contributed by atoms with Crippen molar-refractivity contribution >= 4 is 23.5 Å². The molecule has 152 valence electrons. The molecule has 29 heavy (non-hydrogen) atoms. The second-order valence-electron chi connectivity index (χ2n) is 9.60. The van der Waals surface area contributed by atoms with Gasteiger partial charge in [-0.05, 0) is 76.7 Å². The van der Waals surface area contributed by atoms with Gasteiger partial charge in [0.2, 0.25) is 0 Å². The number of aryl methyl sites for hydroxylation is 2. The van der Waals surface area contributed by atoms with Gasteiger partial charge in [0.05, 0.1) is 16.9 Å². The number of hydrogen-bond acceptors (Lipinski definition) is 3. The van der Waals surface area contributed by atoms with Crippen molar-refractivity contribution < 1.29 is 9.31 Å². The van der Waals surface area contributed by atoms with Gasteiger partial charge in [0.1, 0.15) is 0 Å². The van der Waals surface area contributed by atoms with Gasteiger partial charge in [-0.3, -0.25) is 4.98 Å². The fourth-order valence-corrected chi connectivity index (χ4v) is 4.16. The number of aromatic nitrogens is 2. The summed E-state index contributed by atoms with van der Waals surface area (Å²) in [5, 5.41) is 1.23. The molecule has 0 aliphatic carbocycles. The molecule has 1 aromatic carbocycles. The Morgan fingerprint density at radius 2 is 1.52 bits per heavy atom. The SMILES string of the molecule is Cc1cc(-c2[nH]c3ccc(B4OC(C)(C)C(C)(C)O4)cc3c2C(C)C)cc(C)n1. The largest absolute Gasteiger partial charge is 0.494 e. The quantitative estimate of drug-likeness (QED) is 0.620. The van der Waals surface area contributed by atoms with Crippen LogP contribution in [-0.2, 0) is 9.31 Å². The minimum Gasteiger partial charge on any atom is -0.399 e. The molecule has 2 aromatic heterocycles. The number of benzene rings is 1. The molecule has 3 aromatic rings. The topological polar surface area (TPSA) is 47.1 Å². The number of pyridine rings is 1. The minimum absolute atomic E-state index is 0.344. The third-order valence-corrected chi connectivity index (χ3v) is 6.34. The Bertz CT molecular complexity index is 1050. The normalized spacial score (nSPS) is 18.2. The van der Waals surface area contributed by atoms with Crippen LogP contribution in [0.1, 0.15) is 64.4 Å². The molecular formula is C24H31BN2O2. The summed E-state index contributed by atoms with van der Waals surface area (Å²) in [6, 6.07) is 10.8. The minimum atomic E-state index is -0.354. The van der Waals surface area contributed by atoms with E-state index in [1.165, 1.54) is 22.2 Å². The van der Waals surface area contributed by atoms with Gasteiger partial charge in [-0.2, -0.15) is 0 Å². The van der Waals surface area contributed by atoms with Crippen molar-refractivity contribution in [3.05, 3.63) is 47.3 Å². The van der Waals surface area contributed by atoms with Crippen LogP contribution in [0, 0.1) is 13.8 Å². The molecule has 0 spiro atoms. The molecule has 4 rings (SSSR count). The fraction of sp³-hybridized carbons (Fsp3) is 0.458. The van der Waals surface area contributed by atoms with E-state index in [0.717, 1.165) is 22.4 Å². The first kappa shape index (κ1) is 20.2. The predicted octanol–water partition coefficient (Wildman–Crippen LogP) is 5.27. The Kier molecular flexibility index (Phi) is 4.67. The highest BCUT2D eigenvalue weighted by atomic mass is 16.7. The second-order valence-corrected chi connectivity index (χ2v) is 9.60. The van der Waals surface area contributed by atoms with Crippen LogP contribution < -0.4 is 5.46 Å². The molecule has 4 nitrogen and oxygen atoms in total. The maximum absolute atomic E-state index is 6.28. The first-order valence-electron chi connectivity index (χ1n) is 10.5.